The van der Waals surface area contributed by atoms with Gasteiger partial charge in [0.2, 0.25) is 0 Å². The van der Waals surface area contributed by atoms with Crippen LogP contribution in [0.2, 0.25) is 0 Å². The Kier molecular flexibility index (Phi) is 6.04. The van der Waals surface area contributed by atoms with E-state index in [9.17, 15) is 9.18 Å². The number of likely N-dealkylation sites (tertiary alicyclic amines) is 1. The van der Waals surface area contributed by atoms with Crippen LogP contribution in [-0.2, 0) is 6.54 Å². The number of hydrogen-bond acceptors (Lipinski definition) is 4. The minimum Gasteiger partial charge on any atom is -0.497 e. The van der Waals surface area contributed by atoms with E-state index in [0.29, 0.717) is 29.0 Å². The van der Waals surface area contributed by atoms with Gasteiger partial charge in [0.05, 0.1) is 7.11 Å². The summed E-state index contributed by atoms with van der Waals surface area (Å²) in [5, 5.41) is 3.65. The number of rotatable bonds is 6. The molecule has 3 aromatic rings. The van der Waals surface area contributed by atoms with Gasteiger partial charge in [-0.25, -0.2) is 4.39 Å². The lowest BCUT2D eigenvalue weighted by Gasteiger charge is -2.32. The van der Waals surface area contributed by atoms with Gasteiger partial charge in [0.25, 0.3) is 5.91 Å². The second kappa shape index (κ2) is 8.88. The van der Waals surface area contributed by atoms with Crippen molar-refractivity contribution in [1.29, 1.82) is 0 Å². The lowest BCUT2D eigenvalue weighted by molar-refractivity contribution is 0.0909. The van der Waals surface area contributed by atoms with Gasteiger partial charge in [0.15, 0.2) is 5.76 Å². The first-order valence-corrected chi connectivity index (χ1v) is 10.4. The van der Waals surface area contributed by atoms with Gasteiger partial charge in [-0.05, 0) is 74.7 Å². The topological polar surface area (TPSA) is 54.7 Å². The Bertz CT molecular complexity index is 1020. The second-order valence-corrected chi connectivity index (χ2v) is 7.97. The standard InChI is InChI=1S/C24H27FN2O3/c1-16-21-13-19(25)5-8-22(21)30-23(16)24(28)26-14-17-9-11-27(12-10-17)15-18-3-6-20(29-2)7-4-18/h3-8,13,17H,9-12,14-15H2,1-2H3,(H,26,28). The van der Waals surface area contributed by atoms with Crippen molar-refractivity contribution in [3.05, 3.63) is 65.2 Å². The highest BCUT2D eigenvalue weighted by atomic mass is 19.1. The second-order valence-electron chi connectivity index (χ2n) is 7.97. The predicted molar refractivity (Wildman–Crippen MR) is 114 cm³/mol. The highest BCUT2D eigenvalue weighted by Gasteiger charge is 2.22. The third-order valence-corrected chi connectivity index (χ3v) is 5.93. The van der Waals surface area contributed by atoms with Crippen LogP contribution in [0.25, 0.3) is 11.0 Å². The van der Waals surface area contributed by atoms with Crippen LogP contribution in [0.4, 0.5) is 4.39 Å². The number of nitrogens with one attached hydrogen (secondary N) is 1. The zero-order valence-electron chi connectivity index (χ0n) is 17.4. The Morgan fingerprint density at radius 3 is 2.63 bits per heavy atom. The third kappa shape index (κ3) is 4.49. The van der Waals surface area contributed by atoms with Crippen molar-refractivity contribution in [2.45, 2.75) is 26.3 Å². The molecule has 0 aliphatic carbocycles. The molecule has 158 valence electrons. The molecule has 0 unspecified atom stereocenters. The van der Waals surface area contributed by atoms with Crippen LogP contribution in [-0.4, -0.2) is 37.6 Å². The number of carbonyl (C=O) groups is 1. The van der Waals surface area contributed by atoms with Crippen LogP contribution < -0.4 is 10.1 Å². The smallest absolute Gasteiger partial charge is 0.287 e. The molecular formula is C24H27FN2O3. The molecule has 1 fully saturated rings. The van der Waals surface area contributed by atoms with E-state index >= 15 is 0 Å². The van der Waals surface area contributed by atoms with Crippen LogP contribution in [0.5, 0.6) is 5.75 Å². The van der Waals surface area contributed by atoms with E-state index < -0.39 is 0 Å². The molecule has 1 aliphatic rings. The molecule has 0 spiro atoms. The molecule has 30 heavy (non-hydrogen) atoms. The van der Waals surface area contributed by atoms with Gasteiger partial charge in [-0.2, -0.15) is 0 Å². The zero-order chi connectivity index (χ0) is 21.1. The number of furan rings is 1. The fourth-order valence-electron chi connectivity index (χ4n) is 4.06. The van der Waals surface area contributed by atoms with Crippen molar-refractivity contribution >= 4 is 16.9 Å². The lowest BCUT2D eigenvalue weighted by atomic mass is 9.96. The maximum atomic E-state index is 13.5. The first kappa shape index (κ1) is 20.4. The number of methoxy groups -OCH3 is 1. The fraction of sp³-hybridized carbons (Fsp3) is 0.375. The summed E-state index contributed by atoms with van der Waals surface area (Å²) >= 11 is 0. The van der Waals surface area contributed by atoms with Crippen LogP contribution in [0.3, 0.4) is 0 Å². The summed E-state index contributed by atoms with van der Waals surface area (Å²) in [6.07, 6.45) is 2.08. The highest BCUT2D eigenvalue weighted by Crippen LogP contribution is 2.26. The number of ether oxygens (including phenoxy) is 1. The van der Waals surface area contributed by atoms with Gasteiger partial charge in [-0.3, -0.25) is 9.69 Å². The Hall–Kier alpha value is -2.86. The van der Waals surface area contributed by atoms with Crippen LogP contribution in [0.15, 0.2) is 46.9 Å². The Morgan fingerprint density at radius 1 is 1.20 bits per heavy atom. The SMILES string of the molecule is COc1ccc(CN2CCC(CNC(=O)c3oc4ccc(F)cc4c3C)CC2)cc1. The van der Waals surface area contributed by atoms with Crippen LogP contribution in [0, 0.1) is 18.7 Å². The van der Waals surface area contributed by atoms with Gasteiger partial charge >= 0.3 is 0 Å². The van der Waals surface area contributed by atoms with E-state index in [0.717, 1.165) is 38.2 Å². The van der Waals surface area contributed by atoms with Crippen LogP contribution >= 0.6 is 0 Å². The lowest BCUT2D eigenvalue weighted by Crippen LogP contribution is -2.38. The molecular weight excluding hydrogens is 383 g/mol. The number of carbonyl (C=O) groups excluding carboxylic acids is 1. The van der Waals surface area contributed by atoms with Gasteiger partial charge in [-0.15, -0.1) is 0 Å². The molecule has 6 heteroatoms. The molecule has 5 nitrogen and oxygen atoms in total. The molecule has 2 heterocycles. The monoisotopic (exact) mass is 410 g/mol. The highest BCUT2D eigenvalue weighted by molar-refractivity contribution is 5.98. The Labute approximate surface area is 175 Å². The summed E-state index contributed by atoms with van der Waals surface area (Å²) in [4.78, 5) is 15.0. The molecule has 1 aromatic heterocycles. The van der Waals surface area contributed by atoms with Crippen LogP contribution in [0.1, 0.15) is 34.5 Å². The maximum Gasteiger partial charge on any atom is 0.287 e. The molecule has 0 bridgehead atoms. The van der Waals surface area contributed by atoms with Gasteiger partial charge in [0, 0.05) is 24.0 Å². The fourth-order valence-corrected chi connectivity index (χ4v) is 4.06. The van der Waals surface area contributed by atoms with Gasteiger partial charge < -0.3 is 14.5 Å². The normalized spacial score (nSPS) is 15.4. The molecule has 1 saturated heterocycles. The summed E-state index contributed by atoms with van der Waals surface area (Å²) in [6.45, 7) is 5.36. The quantitative estimate of drug-likeness (QED) is 0.649. The molecule has 0 atom stereocenters. The Morgan fingerprint density at radius 2 is 1.93 bits per heavy atom. The first-order valence-electron chi connectivity index (χ1n) is 10.4. The molecule has 0 saturated carbocycles. The van der Waals surface area contributed by atoms with E-state index in [-0.39, 0.29) is 17.5 Å². The van der Waals surface area contributed by atoms with E-state index in [1.165, 1.54) is 17.7 Å². The molecule has 0 radical (unpaired) electrons. The summed E-state index contributed by atoms with van der Waals surface area (Å²) in [5.41, 5.74) is 2.49. The van der Waals surface area contributed by atoms with Crippen molar-refractivity contribution in [1.82, 2.24) is 10.2 Å². The summed E-state index contributed by atoms with van der Waals surface area (Å²) in [5.74, 6) is 1.03. The third-order valence-electron chi connectivity index (χ3n) is 5.93. The van der Waals surface area contributed by atoms with E-state index in [4.69, 9.17) is 9.15 Å². The number of aryl methyl sites for hydroxylation is 1. The number of nitrogens with zero attached hydrogens (tertiary/aromatic N) is 1. The zero-order valence-corrected chi connectivity index (χ0v) is 17.4. The largest absolute Gasteiger partial charge is 0.497 e. The van der Waals surface area contributed by atoms with Crippen molar-refractivity contribution in [3.8, 4) is 5.75 Å². The number of amides is 1. The van der Waals surface area contributed by atoms with Crippen molar-refractivity contribution in [3.63, 3.8) is 0 Å². The maximum absolute atomic E-state index is 13.5. The summed E-state index contributed by atoms with van der Waals surface area (Å²) in [7, 11) is 1.67. The summed E-state index contributed by atoms with van der Waals surface area (Å²) in [6, 6.07) is 12.5. The molecule has 2 aromatic carbocycles. The van der Waals surface area contributed by atoms with Crippen molar-refractivity contribution in [2.75, 3.05) is 26.7 Å². The Balaban J connectivity index is 1.27. The number of hydrogen-bond donors (Lipinski definition) is 1. The van der Waals surface area contributed by atoms with E-state index in [2.05, 4.69) is 22.3 Å². The van der Waals surface area contributed by atoms with E-state index in [1.54, 1.807) is 20.1 Å². The average Bonchev–Trinajstić information content (AvgIpc) is 3.09. The van der Waals surface area contributed by atoms with Gasteiger partial charge in [0.1, 0.15) is 17.1 Å². The number of fused-ring (bicyclic) bond motifs is 1. The van der Waals surface area contributed by atoms with Crippen molar-refractivity contribution < 1.29 is 18.3 Å². The first-order chi connectivity index (χ1) is 14.5. The molecule has 1 aliphatic heterocycles. The minimum absolute atomic E-state index is 0.232. The molecule has 4 rings (SSSR count). The number of piperidine rings is 1. The minimum atomic E-state index is -0.334. The van der Waals surface area contributed by atoms with E-state index in [1.807, 2.05) is 12.1 Å². The van der Waals surface area contributed by atoms with Crippen molar-refractivity contribution in [2.24, 2.45) is 5.92 Å². The molecule has 1 N–H and O–H groups in total. The van der Waals surface area contributed by atoms with Gasteiger partial charge in [-0.1, -0.05) is 12.1 Å². The predicted octanol–water partition coefficient (Wildman–Crippen LogP) is 4.53. The number of benzene rings is 2. The average molecular weight is 410 g/mol. The number of halogens is 1. The summed E-state index contributed by atoms with van der Waals surface area (Å²) < 4.78 is 24.3. The molecule has 1 amide bonds.